The van der Waals surface area contributed by atoms with Gasteiger partial charge in [-0.1, -0.05) is 34.9 Å². The van der Waals surface area contributed by atoms with Gasteiger partial charge in [0.2, 0.25) is 0 Å². The predicted molar refractivity (Wildman–Crippen MR) is 131 cm³/mol. The molecule has 1 aromatic carbocycles. The first-order valence-corrected chi connectivity index (χ1v) is 12.0. The van der Waals surface area contributed by atoms with Crippen molar-refractivity contribution in [3.8, 4) is 5.75 Å². The first-order valence-electron chi connectivity index (χ1n) is 10.2. The Morgan fingerprint density at radius 1 is 0.964 bits per heavy atom. The fourth-order valence-electron chi connectivity index (χ4n) is 2.73. The van der Waals surface area contributed by atoms with Crippen molar-refractivity contribution < 1.29 is 5.11 Å². The monoisotopic (exact) mass is 418 g/mol. The van der Waals surface area contributed by atoms with Gasteiger partial charge in [0.25, 0.3) is 0 Å². The lowest BCUT2D eigenvalue weighted by Gasteiger charge is -2.23. The fraction of sp³-hybridized carbons (Fsp3) is 0.520. The zero-order chi connectivity index (χ0) is 21.2. The zero-order valence-electron chi connectivity index (χ0n) is 18.8. The summed E-state index contributed by atoms with van der Waals surface area (Å²) in [6, 6.07) is 5.86. The lowest BCUT2D eigenvalue weighted by molar-refractivity contribution is 0.470. The van der Waals surface area contributed by atoms with E-state index >= 15 is 0 Å². The van der Waals surface area contributed by atoms with Crippen LogP contribution in [0, 0.1) is 6.92 Å². The molecule has 0 saturated carbocycles. The Balaban J connectivity index is 2.39. The summed E-state index contributed by atoms with van der Waals surface area (Å²) in [5.41, 5.74) is 5.32. The molecule has 0 radical (unpaired) electrons. The second kappa shape index (κ2) is 12.5. The van der Waals surface area contributed by atoms with E-state index in [2.05, 4.69) is 65.8 Å². The van der Waals surface area contributed by atoms with Crippen molar-refractivity contribution in [2.75, 3.05) is 5.75 Å². The van der Waals surface area contributed by atoms with Crippen molar-refractivity contribution in [1.29, 1.82) is 0 Å². The van der Waals surface area contributed by atoms with Crippen LogP contribution in [0.3, 0.4) is 0 Å². The standard InChI is InChI=1S/C25H38OS2/c1-19(2)10-8-11-20(3)12-9-13-21(4)16-17-27-25(6,7)28-23-14-15-24(26)22(5)18-23/h10,12,14-16,18,26H,8-9,11,13,17H2,1-7H3. The number of hydrogen-bond acceptors (Lipinski definition) is 3. The number of aromatic hydroxyl groups is 1. The molecule has 0 fully saturated rings. The van der Waals surface area contributed by atoms with Gasteiger partial charge in [-0.15, -0.1) is 23.5 Å². The number of rotatable bonds is 11. The van der Waals surface area contributed by atoms with Crippen LogP contribution in [0.1, 0.15) is 72.8 Å². The third-order valence-electron chi connectivity index (χ3n) is 4.52. The third-order valence-corrected chi connectivity index (χ3v) is 7.13. The molecule has 0 atom stereocenters. The number of allylic oxidation sites excluding steroid dienone is 5. The average molecular weight is 419 g/mol. The van der Waals surface area contributed by atoms with Crippen molar-refractivity contribution in [3.63, 3.8) is 0 Å². The van der Waals surface area contributed by atoms with Gasteiger partial charge in [-0.3, -0.25) is 0 Å². The van der Waals surface area contributed by atoms with Gasteiger partial charge >= 0.3 is 0 Å². The second-order valence-electron chi connectivity index (χ2n) is 8.22. The summed E-state index contributed by atoms with van der Waals surface area (Å²) in [4.78, 5) is 1.21. The van der Waals surface area contributed by atoms with Crippen molar-refractivity contribution in [3.05, 3.63) is 58.7 Å². The number of hydrogen-bond donors (Lipinski definition) is 1. The van der Waals surface area contributed by atoms with Crippen LogP contribution in [0.25, 0.3) is 0 Å². The van der Waals surface area contributed by atoms with E-state index in [4.69, 9.17) is 0 Å². The molecule has 28 heavy (non-hydrogen) atoms. The molecule has 0 heterocycles. The van der Waals surface area contributed by atoms with Crippen molar-refractivity contribution in [1.82, 2.24) is 0 Å². The number of benzene rings is 1. The molecule has 0 aliphatic carbocycles. The van der Waals surface area contributed by atoms with Crippen molar-refractivity contribution in [2.45, 2.75) is 83.1 Å². The highest BCUT2D eigenvalue weighted by Gasteiger charge is 2.19. The molecule has 3 heteroatoms. The molecule has 156 valence electrons. The molecular formula is C25H38OS2. The van der Waals surface area contributed by atoms with Crippen LogP contribution in [-0.2, 0) is 0 Å². The van der Waals surface area contributed by atoms with Gasteiger partial charge in [0, 0.05) is 10.6 Å². The van der Waals surface area contributed by atoms with E-state index in [1.807, 2.05) is 36.5 Å². The molecule has 0 amide bonds. The fourth-order valence-corrected chi connectivity index (χ4v) is 5.17. The lowest BCUT2D eigenvalue weighted by atomic mass is 10.1. The van der Waals surface area contributed by atoms with Crippen LogP contribution in [0.15, 0.2) is 58.0 Å². The maximum Gasteiger partial charge on any atom is 0.118 e. The Kier molecular flexibility index (Phi) is 11.1. The van der Waals surface area contributed by atoms with Crippen molar-refractivity contribution in [2.24, 2.45) is 0 Å². The molecular weight excluding hydrogens is 380 g/mol. The third kappa shape index (κ3) is 11.1. The van der Waals surface area contributed by atoms with Gasteiger partial charge < -0.3 is 5.11 Å². The molecule has 1 aromatic rings. The van der Waals surface area contributed by atoms with Gasteiger partial charge in [-0.2, -0.15) is 0 Å². The Morgan fingerprint density at radius 3 is 2.18 bits per heavy atom. The highest BCUT2D eigenvalue weighted by molar-refractivity contribution is 8.18. The van der Waals surface area contributed by atoms with E-state index in [-0.39, 0.29) is 4.08 Å². The van der Waals surface area contributed by atoms with Gasteiger partial charge in [-0.25, -0.2) is 0 Å². The van der Waals surface area contributed by atoms with E-state index in [9.17, 15) is 5.11 Å². The van der Waals surface area contributed by atoms with Gasteiger partial charge in [0.1, 0.15) is 5.75 Å². The lowest BCUT2D eigenvalue weighted by Crippen LogP contribution is -2.09. The highest BCUT2D eigenvalue weighted by Crippen LogP contribution is 2.42. The maximum absolute atomic E-state index is 9.69. The Morgan fingerprint density at radius 2 is 1.57 bits per heavy atom. The summed E-state index contributed by atoms with van der Waals surface area (Å²) in [7, 11) is 0. The van der Waals surface area contributed by atoms with E-state index in [1.165, 1.54) is 28.0 Å². The summed E-state index contributed by atoms with van der Waals surface area (Å²) in [6.45, 7) is 15.3. The van der Waals surface area contributed by atoms with Crippen LogP contribution in [0.5, 0.6) is 5.75 Å². The number of phenols is 1. The van der Waals surface area contributed by atoms with Crippen LogP contribution in [0.4, 0.5) is 0 Å². The van der Waals surface area contributed by atoms with Crippen LogP contribution in [-0.4, -0.2) is 14.9 Å². The Bertz CT molecular complexity index is 707. The van der Waals surface area contributed by atoms with E-state index < -0.39 is 0 Å². The largest absolute Gasteiger partial charge is 0.508 e. The predicted octanol–water partition coefficient (Wildman–Crippen LogP) is 8.68. The first-order chi connectivity index (χ1) is 13.1. The number of thioether (sulfide) groups is 2. The van der Waals surface area contributed by atoms with Gasteiger partial charge in [0.15, 0.2) is 0 Å². The first kappa shape index (κ1) is 25.0. The number of aryl methyl sites for hydroxylation is 1. The molecule has 0 saturated heterocycles. The SMILES string of the molecule is CC(C)=CCCC(C)=CCCC(C)=CCSC(C)(C)Sc1ccc(O)c(C)c1. The second-order valence-corrected chi connectivity index (χ2v) is 11.8. The summed E-state index contributed by atoms with van der Waals surface area (Å²) in [5.74, 6) is 1.40. The van der Waals surface area contributed by atoms with E-state index in [1.54, 1.807) is 6.07 Å². The van der Waals surface area contributed by atoms with Crippen LogP contribution in [0.2, 0.25) is 0 Å². The molecule has 0 unspecified atom stereocenters. The smallest absolute Gasteiger partial charge is 0.118 e. The Hall–Kier alpha value is -1.06. The average Bonchev–Trinajstić information content (AvgIpc) is 2.57. The zero-order valence-corrected chi connectivity index (χ0v) is 20.4. The summed E-state index contributed by atoms with van der Waals surface area (Å²) in [6.07, 6.45) is 11.7. The molecule has 0 aliphatic rings. The summed E-state index contributed by atoms with van der Waals surface area (Å²) >= 11 is 3.83. The van der Waals surface area contributed by atoms with Crippen LogP contribution < -0.4 is 0 Å². The summed E-state index contributed by atoms with van der Waals surface area (Å²) < 4.78 is 0.0988. The molecule has 0 spiro atoms. The highest BCUT2D eigenvalue weighted by atomic mass is 32.2. The number of phenolic OH excluding ortho intramolecular Hbond substituents is 1. The topological polar surface area (TPSA) is 20.2 Å². The Labute approximate surface area is 181 Å². The summed E-state index contributed by atoms with van der Waals surface area (Å²) in [5, 5.41) is 9.69. The van der Waals surface area contributed by atoms with Crippen LogP contribution >= 0.6 is 23.5 Å². The molecule has 0 aliphatic heterocycles. The minimum Gasteiger partial charge on any atom is -0.508 e. The van der Waals surface area contributed by atoms with Gasteiger partial charge in [0.05, 0.1) is 4.08 Å². The minimum atomic E-state index is 0.0988. The van der Waals surface area contributed by atoms with Crippen molar-refractivity contribution >= 4 is 23.5 Å². The normalized spacial score (nSPS) is 13.0. The molecule has 0 bridgehead atoms. The molecule has 1 rings (SSSR count). The maximum atomic E-state index is 9.69. The van der Waals surface area contributed by atoms with Gasteiger partial charge in [-0.05, 0) is 97.9 Å². The quantitative estimate of drug-likeness (QED) is 0.220. The molecule has 1 N–H and O–H groups in total. The van der Waals surface area contributed by atoms with E-state index in [0.717, 1.165) is 30.6 Å². The van der Waals surface area contributed by atoms with E-state index in [0.29, 0.717) is 5.75 Å². The molecule has 0 aromatic heterocycles. The minimum absolute atomic E-state index is 0.0988. The molecule has 1 nitrogen and oxygen atoms in total.